The van der Waals surface area contributed by atoms with Gasteiger partial charge in [-0.1, -0.05) is 25.5 Å². The molecule has 6 heteroatoms. The zero-order chi connectivity index (χ0) is 18.7. The maximum atomic E-state index is 12.9. The first-order valence-electron chi connectivity index (χ1n) is 8.81. The van der Waals surface area contributed by atoms with Crippen molar-refractivity contribution >= 4 is 15.7 Å². The highest BCUT2D eigenvalue weighted by Gasteiger charge is 2.24. The topological polar surface area (TPSA) is 73.2 Å². The molecule has 2 aromatic carbocycles. The van der Waals surface area contributed by atoms with Crippen molar-refractivity contribution in [3.63, 3.8) is 0 Å². The molecule has 0 spiro atoms. The number of unbranched alkanes of at least 4 members (excludes halogenated alkanes) is 1. The van der Waals surface area contributed by atoms with Gasteiger partial charge in [0.2, 0.25) is 0 Å². The summed E-state index contributed by atoms with van der Waals surface area (Å²) in [6, 6.07) is 12.4. The molecule has 0 aliphatic carbocycles. The number of fused-ring (bicyclic) bond motifs is 1. The van der Waals surface area contributed by atoms with Gasteiger partial charge in [-0.25, -0.2) is 8.42 Å². The molecule has 0 fully saturated rings. The van der Waals surface area contributed by atoms with Gasteiger partial charge in [0.25, 0.3) is 10.0 Å². The predicted molar refractivity (Wildman–Crippen MR) is 102 cm³/mol. The Balaban J connectivity index is 1.87. The Labute approximate surface area is 155 Å². The van der Waals surface area contributed by atoms with Crippen molar-refractivity contribution in [1.29, 1.82) is 5.26 Å². The van der Waals surface area contributed by atoms with Crippen LogP contribution in [0.15, 0.2) is 41.3 Å². The first kappa shape index (κ1) is 18.4. The fourth-order valence-corrected chi connectivity index (χ4v) is 4.67. The summed E-state index contributed by atoms with van der Waals surface area (Å²) >= 11 is 0. The van der Waals surface area contributed by atoms with E-state index in [1.165, 1.54) is 17.7 Å². The Hall–Kier alpha value is -2.36. The fraction of sp³-hybridized carbons (Fsp3) is 0.350. The summed E-state index contributed by atoms with van der Waals surface area (Å²) in [4.78, 5) is 2.55. The molecule has 5 nitrogen and oxygen atoms in total. The van der Waals surface area contributed by atoms with Crippen LogP contribution in [0.4, 0.5) is 5.69 Å². The quantitative estimate of drug-likeness (QED) is 0.841. The van der Waals surface area contributed by atoms with E-state index in [9.17, 15) is 8.42 Å². The van der Waals surface area contributed by atoms with E-state index in [1.54, 1.807) is 13.0 Å². The standard InChI is InChI=1S/C20H23N3O2S/c1-3-4-10-23-13-17-6-5-7-19(18(17)14-23)22-26(24,25)20-9-8-16(12-21)11-15(20)2/h5-9,11,22H,3-4,10,13-14H2,1-2H3. The maximum Gasteiger partial charge on any atom is 0.262 e. The van der Waals surface area contributed by atoms with Crippen molar-refractivity contribution in [2.45, 2.75) is 44.7 Å². The SMILES string of the molecule is CCCCN1Cc2cccc(NS(=O)(=O)c3ccc(C#N)cc3C)c2C1. The molecular weight excluding hydrogens is 346 g/mol. The van der Waals surface area contributed by atoms with E-state index in [2.05, 4.69) is 22.6 Å². The zero-order valence-electron chi connectivity index (χ0n) is 15.1. The minimum atomic E-state index is -3.70. The summed E-state index contributed by atoms with van der Waals surface area (Å²) in [7, 11) is -3.70. The normalized spacial score (nSPS) is 14.0. The van der Waals surface area contributed by atoms with E-state index in [-0.39, 0.29) is 4.90 Å². The van der Waals surface area contributed by atoms with Crippen LogP contribution in [0, 0.1) is 18.3 Å². The van der Waals surface area contributed by atoms with E-state index < -0.39 is 10.0 Å². The molecule has 0 radical (unpaired) electrons. The maximum absolute atomic E-state index is 12.9. The predicted octanol–water partition coefficient (Wildman–Crippen LogP) is 3.78. The number of hydrogen-bond donors (Lipinski definition) is 1. The van der Waals surface area contributed by atoms with E-state index in [0.717, 1.165) is 38.0 Å². The van der Waals surface area contributed by atoms with Crippen molar-refractivity contribution in [3.05, 3.63) is 58.7 Å². The number of nitriles is 1. The van der Waals surface area contributed by atoms with E-state index in [0.29, 0.717) is 16.8 Å². The molecule has 0 unspecified atom stereocenters. The molecule has 0 aromatic heterocycles. The molecule has 1 aliphatic rings. The molecule has 0 saturated heterocycles. The molecule has 2 aromatic rings. The molecule has 136 valence electrons. The second-order valence-corrected chi connectivity index (χ2v) is 8.36. The number of nitrogens with one attached hydrogen (secondary N) is 1. The number of rotatable bonds is 6. The Bertz CT molecular complexity index is 962. The highest BCUT2D eigenvalue weighted by molar-refractivity contribution is 7.92. The lowest BCUT2D eigenvalue weighted by molar-refractivity contribution is 0.279. The van der Waals surface area contributed by atoms with Crippen molar-refractivity contribution in [3.8, 4) is 6.07 Å². The number of benzene rings is 2. The molecule has 0 saturated carbocycles. The second-order valence-electron chi connectivity index (χ2n) is 6.71. The van der Waals surface area contributed by atoms with Crippen LogP contribution in [0.25, 0.3) is 0 Å². The number of hydrogen-bond acceptors (Lipinski definition) is 4. The summed E-state index contributed by atoms with van der Waals surface area (Å²) in [5.41, 5.74) is 3.89. The van der Waals surface area contributed by atoms with Crippen LogP contribution in [0.3, 0.4) is 0 Å². The van der Waals surface area contributed by atoms with Crippen LogP contribution < -0.4 is 4.72 Å². The monoisotopic (exact) mass is 369 g/mol. The molecule has 26 heavy (non-hydrogen) atoms. The highest BCUT2D eigenvalue weighted by atomic mass is 32.2. The Morgan fingerprint density at radius 2 is 2.04 bits per heavy atom. The molecule has 3 rings (SSSR count). The van der Waals surface area contributed by atoms with Crippen molar-refractivity contribution in [1.82, 2.24) is 4.90 Å². The van der Waals surface area contributed by atoms with E-state index in [4.69, 9.17) is 5.26 Å². The van der Waals surface area contributed by atoms with Gasteiger partial charge in [0.15, 0.2) is 0 Å². The lowest BCUT2D eigenvalue weighted by Gasteiger charge is -2.15. The third-order valence-corrected chi connectivity index (χ3v) is 6.24. The van der Waals surface area contributed by atoms with Crippen LogP contribution in [0.2, 0.25) is 0 Å². The number of aryl methyl sites for hydroxylation is 1. The van der Waals surface area contributed by atoms with E-state index >= 15 is 0 Å². The summed E-state index contributed by atoms with van der Waals surface area (Å²) in [5.74, 6) is 0. The molecule has 0 atom stereocenters. The molecule has 0 amide bonds. The van der Waals surface area contributed by atoms with Crippen molar-refractivity contribution in [2.24, 2.45) is 0 Å². The average Bonchev–Trinajstić information content (AvgIpc) is 3.03. The Kier molecular flexibility index (Phi) is 5.30. The molecule has 1 aliphatic heterocycles. The van der Waals surface area contributed by atoms with Crippen LogP contribution in [-0.4, -0.2) is 19.9 Å². The average molecular weight is 369 g/mol. The summed E-state index contributed by atoms with van der Waals surface area (Å²) < 4.78 is 28.5. The number of sulfonamides is 1. The summed E-state index contributed by atoms with van der Waals surface area (Å²) in [6.07, 6.45) is 2.28. The Morgan fingerprint density at radius 3 is 2.73 bits per heavy atom. The van der Waals surface area contributed by atoms with Crippen molar-refractivity contribution < 1.29 is 8.42 Å². The second kappa shape index (κ2) is 7.48. The smallest absolute Gasteiger partial charge is 0.262 e. The van der Waals surface area contributed by atoms with Crippen LogP contribution in [-0.2, 0) is 23.1 Å². The number of nitrogens with zero attached hydrogens (tertiary/aromatic N) is 2. The molecule has 1 heterocycles. The van der Waals surface area contributed by atoms with Gasteiger partial charge >= 0.3 is 0 Å². The third kappa shape index (κ3) is 3.74. The van der Waals surface area contributed by atoms with Gasteiger partial charge in [0.1, 0.15) is 0 Å². The van der Waals surface area contributed by atoms with Gasteiger partial charge in [-0.2, -0.15) is 5.26 Å². The lowest BCUT2D eigenvalue weighted by atomic mass is 10.1. The van der Waals surface area contributed by atoms with Gasteiger partial charge < -0.3 is 0 Å². The van der Waals surface area contributed by atoms with Gasteiger partial charge in [-0.3, -0.25) is 9.62 Å². The molecule has 0 bridgehead atoms. The summed E-state index contributed by atoms with van der Waals surface area (Å²) in [5, 5.41) is 8.96. The summed E-state index contributed by atoms with van der Waals surface area (Å²) in [6.45, 7) is 6.52. The highest BCUT2D eigenvalue weighted by Crippen LogP contribution is 2.31. The first-order valence-corrected chi connectivity index (χ1v) is 10.3. The van der Waals surface area contributed by atoms with Gasteiger partial charge in [-0.05, 0) is 60.8 Å². The Morgan fingerprint density at radius 1 is 1.23 bits per heavy atom. The van der Waals surface area contributed by atoms with Crippen LogP contribution in [0.5, 0.6) is 0 Å². The minimum Gasteiger partial charge on any atom is -0.295 e. The molecule has 1 N–H and O–H groups in total. The molecular formula is C20H23N3O2S. The lowest BCUT2D eigenvalue weighted by Crippen LogP contribution is -2.18. The fourth-order valence-electron chi connectivity index (χ4n) is 3.35. The third-order valence-electron chi connectivity index (χ3n) is 4.71. The minimum absolute atomic E-state index is 0.204. The number of anilines is 1. The zero-order valence-corrected chi connectivity index (χ0v) is 15.9. The first-order chi connectivity index (χ1) is 12.4. The van der Waals surface area contributed by atoms with Crippen molar-refractivity contribution in [2.75, 3.05) is 11.3 Å². The van der Waals surface area contributed by atoms with Gasteiger partial charge in [-0.15, -0.1) is 0 Å². The van der Waals surface area contributed by atoms with Crippen LogP contribution >= 0.6 is 0 Å². The van der Waals surface area contributed by atoms with Gasteiger partial charge in [0.05, 0.1) is 22.2 Å². The van der Waals surface area contributed by atoms with E-state index in [1.807, 2.05) is 18.2 Å². The largest absolute Gasteiger partial charge is 0.295 e. The van der Waals surface area contributed by atoms with Crippen LogP contribution in [0.1, 0.15) is 42.0 Å². The van der Waals surface area contributed by atoms with Gasteiger partial charge in [0, 0.05) is 13.1 Å².